The van der Waals surface area contributed by atoms with Gasteiger partial charge in [-0.05, 0) is 37.5 Å². The summed E-state index contributed by atoms with van der Waals surface area (Å²) in [6, 6.07) is 3.75. The fourth-order valence-electron chi connectivity index (χ4n) is 2.18. The molecule has 1 fully saturated rings. The molecule has 1 aliphatic carbocycles. The van der Waals surface area contributed by atoms with E-state index in [9.17, 15) is 9.18 Å². The van der Waals surface area contributed by atoms with Crippen molar-refractivity contribution in [2.45, 2.75) is 31.2 Å². The molecule has 1 unspecified atom stereocenters. The maximum Gasteiger partial charge on any atom is 0.315 e. The number of carbonyl (C=O) groups is 1. The van der Waals surface area contributed by atoms with Crippen LogP contribution in [0.3, 0.4) is 0 Å². The Hall–Kier alpha value is -1.33. The number of hydrogen-bond donors (Lipinski definition) is 3. The molecule has 0 aromatic heterocycles. The molecule has 0 aliphatic heterocycles. The Morgan fingerprint density at radius 3 is 2.80 bits per heavy atom. The third-order valence-electron chi connectivity index (χ3n) is 3.59. The Morgan fingerprint density at radius 2 is 2.25 bits per heavy atom. The molecule has 110 valence electrons. The lowest BCUT2D eigenvalue weighted by Gasteiger charge is -2.19. The van der Waals surface area contributed by atoms with Gasteiger partial charge in [-0.3, -0.25) is 0 Å². The second-order valence-corrected chi connectivity index (χ2v) is 5.72. The lowest BCUT2D eigenvalue weighted by atomic mass is 9.96. The Kier molecular flexibility index (Phi) is 4.50. The molecule has 1 aliphatic rings. The zero-order valence-corrected chi connectivity index (χ0v) is 12.0. The largest absolute Gasteiger partial charge is 0.394 e. The number of halogens is 2. The van der Waals surface area contributed by atoms with Crippen molar-refractivity contribution in [3.63, 3.8) is 0 Å². The van der Waals surface area contributed by atoms with E-state index in [4.69, 9.17) is 16.7 Å². The first-order valence-corrected chi connectivity index (χ1v) is 6.95. The smallest absolute Gasteiger partial charge is 0.315 e. The van der Waals surface area contributed by atoms with Crippen molar-refractivity contribution in [3.05, 3.63) is 34.6 Å². The van der Waals surface area contributed by atoms with E-state index in [0.717, 1.165) is 18.4 Å². The summed E-state index contributed by atoms with van der Waals surface area (Å²) in [7, 11) is 0. The lowest BCUT2D eigenvalue weighted by Crippen LogP contribution is -2.44. The molecule has 2 amide bonds. The first-order chi connectivity index (χ1) is 9.47. The van der Waals surface area contributed by atoms with Gasteiger partial charge in [-0.15, -0.1) is 0 Å². The minimum Gasteiger partial charge on any atom is -0.394 e. The highest BCUT2D eigenvalue weighted by Crippen LogP contribution is 2.50. The van der Waals surface area contributed by atoms with Crippen molar-refractivity contribution >= 4 is 17.6 Å². The van der Waals surface area contributed by atoms with Gasteiger partial charge in [-0.2, -0.15) is 0 Å². The number of rotatable bonds is 5. The molecule has 6 heteroatoms. The second kappa shape index (κ2) is 5.97. The molecule has 0 saturated heterocycles. The number of nitrogens with one attached hydrogen (secondary N) is 2. The molecule has 0 spiro atoms. The van der Waals surface area contributed by atoms with Crippen LogP contribution in [0, 0.1) is 5.82 Å². The van der Waals surface area contributed by atoms with Crippen LogP contribution < -0.4 is 10.6 Å². The van der Waals surface area contributed by atoms with Gasteiger partial charge < -0.3 is 15.7 Å². The molecular formula is C14H18ClFN2O2. The SMILES string of the molecule is CC(CO)NC(=O)NCC1(c2ccc(F)cc2Cl)CC1. The number of benzene rings is 1. The number of aliphatic hydroxyl groups excluding tert-OH is 1. The molecule has 1 saturated carbocycles. The highest BCUT2D eigenvalue weighted by molar-refractivity contribution is 6.31. The predicted octanol–water partition coefficient (Wildman–Crippen LogP) is 2.19. The summed E-state index contributed by atoms with van der Waals surface area (Å²) < 4.78 is 13.1. The monoisotopic (exact) mass is 300 g/mol. The molecule has 0 radical (unpaired) electrons. The maximum atomic E-state index is 13.1. The summed E-state index contributed by atoms with van der Waals surface area (Å²) in [5.74, 6) is -0.364. The van der Waals surface area contributed by atoms with Crippen molar-refractivity contribution in [1.29, 1.82) is 0 Å². The zero-order chi connectivity index (χ0) is 14.8. The second-order valence-electron chi connectivity index (χ2n) is 5.32. The minimum absolute atomic E-state index is 0.109. The molecule has 3 N–H and O–H groups in total. The topological polar surface area (TPSA) is 61.4 Å². The van der Waals surface area contributed by atoms with Crippen LogP contribution in [0.15, 0.2) is 18.2 Å². The fraction of sp³-hybridized carbons (Fsp3) is 0.500. The van der Waals surface area contributed by atoms with E-state index in [2.05, 4.69) is 10.6 Å². The van der Waals surface area contributed by atoms with Crippen molar-refractivity contribution in [1.82, 2.24) is 10.6 Å². The van der Waals surface area contributed by atoms with Gasteiger partial charge in [0.1, 0.15) is 5.82 Å². The molecular weight excluding hydrogens is 283 g/mol. The van der Waals surface area contributed by atoms with Crippen molar-refractivity contribution < 1.29 is 14.3 Å². The lowest BCUT2D eigenvalue weighted by molar-refractivity contribution is 0.220. The Morgan fingerprint density at radius 1 is 1.55 bits per heavy atom. The Labute approximate surface area is 122 Å². The Balaban J connectivity index is 1.97. The van der Waals surface area contributed by atoms with Gasteiger partial charge >= 0.3 is 6.03 Å². The normalized spacial score (nSPS) is 17.4. The van der Waals surface area contributed by atoms with E-state index < -0.39 is 0 Å². The first kappa shape index (κ1) is 15.1. The van der Waals surface area contributed by atoms with Gasteiger partial charge in [-0.25, -0.2) is 9.18 Å². The average Bonchev–Trinajstić information content (AvgIpc) is 3.17. The van der Waals surface area contributed by atoms with Crippen molar-refractivity contribution in [2.75, 3.05) is 13.2 Å². The van der Waals surface area contributed by atoms with Gasteiger partial charge in [0.05, 0.1) is 12.6 Å². The maximum absolute atomic E-state index is 13.1. The van der Waals surface area contributed by atoms with Crippen molar-refractivity contribution in [2.24, 2.45) is 0 Å². The number of carbonyl (C=O) groups excluding carboxylic acids is 1. The predicted molar refractivity (Wildman–Crippen MR) is 75.4 cm³/mol. The summed E-state index contributed by atoms with van der Waals surface area (Å²) in [5.41, 5.74) is 0.681. The van der Waals surface area contributed by atoms with Crippen LogP contribution >= 0.6 is 11.6 Å². The van der Waals surface area contributed by atoms with E-state index in [1.165, 1.54) is 12.1 Å². The van der Waals surface area contributed by atoms with Crippen LogP contribution in [0.4, 0.5) is 9.18 Å². The molecule has 2 rings (SSSR count). The third kappa shape index (κ3) is 3.41. The number of urea groups is 1. The zero-order valence-electron chi connectivity index (χ0n) is 11.2. The first-order valence-electron chi connectivity index (χ1n) is 6.57. The average molecular weight is 301 g/mol. The molecule has 1 aromatic carbocycles. The van der Waals surface area contributed by atoms with Crippen LogP contribution in [0.25, 0.3) is 0 Å². The van der Waals surface area contributed by atoms with Crippen molar-refractivity contribution in [3.8, 4) is 0 Å². The number of amides is 2. The van der Waals surface area contributed by atoms with E-state index in [1.54, 1.807) is 13.0 Å². The summed E-state index contributed by atoms with van der Waals surface area (Å²) in [4.78, 5) is 11.6. The molecule has 0 heterocycles. The highest BCUT2D eigenvalue weighted by Gasteiger charge is 2.45. The number of hydrogen-bond acceptors (Lipinski definition) is 2. The highest BCUT2D eigenvalue weighted by atomic mass is 35.5. The number of aliphatic hydroxyl groups is 1. The van der Waals surface area contributed by atoms with Gasteiger partial charge in [0.2, 0.25) is 0 Å². The summed E-state index contributed by atoms with van der Waals surface area (Å²) >= 11 is 6.07. The quantitative estimate of drug-likeness (QED) is 0.780. The summed E-state index contributed by atoms with van der Waals surface area (Å²) in [6.07, 6.45) is 1.82. The van der Waals surface area contributed by atoms with E-state index in [-0.39, 0.29) is 29.9 Å². The van der Waals surface area contributed by atoms with Crippen LogP contribution in [-0.4, -0.2) is 30.3 Å². The third-order valence-corrected chi connectivity index (χ3v) is 3.91. The molecule has 1 atom stereocenters. The molecule has 0 bridgehead atoms. The van der Waals surface area contributed by atoms with E-state index in [0.29, 0.717) is 11.6 Å². The van der Waals surface area contributed by atoms with Crippen LogP contribution in [0.1, 0.15) is 25.3 Å². The molecule has 4 nitrogen and oxygen atoms in total. The van der Waals surface area contributed by atoms with Crippen LogP contribution in [-0.2, 0) is 5.41 Å². The summed E-state index contributed by atoms with van der Waals surface area (Å²) in [6.45, 7) is 2.05. The van der Waals surface area contributed by atoms with E-state index in [1.807, 2.05) is 0 Å². The van der Waals surface area contributed by atoms with Gasteiger partial charge in [0.15, 0.2) is 0 Å². The summed E-state index contributed by atoms with van der Waals surface area (Å²) in [5, 5.41) is 14.7. The fourth-order valence-corrected chi connectivity index (χ4v) is 2.55. The van der Waals surface area contributed by atoms with Gasteiger partial charge in [0.25, 0.3) is 0 Å². The molecule has 20 heavy (non-hydrogen) atoms. The van der Waals surface area contributed by atoms with Gasteiger partial charge in [-0.1, -0.05) is 17.7 Å². The standard InChI is InChI=1S/C14H18ClFN2O2/c1-9(7-19)18-13(20)17-8-14(4-5-14)11-3-2-10(16)6-12(11)15/h2-3,6,9,19H,4-5,7-8H2,1H3,(H2,17,18,20). The minimum atomic E-state index is -0.364. The molecule has 1 aromatic rings. The Bertz CT molecular complexity index is 506. The van der Waals surface area contributed by atoms with Crippen LogP contribution in [0.5, 0.6) is 0 Å². The van der Waals surface area contributed by atoms with Gasteiger partial charge in [0, 0.05) is 17.0 Å². The van der Waals surface area contributed by atoms with E-state index >= 15 is 0 Å². The van der Waals surface area contributed by atoms with Crippen LogP contribution in [0.2, 0.25) is 5.02 Å².